The molecular formula is C19H21Cl2N5O3. The van der Waals surface area contributed by atoms with Crippen LogP contribution in [0.2, 0.25) is 10.0 Å². The Labute approximate surface area is 177 Å². The number of aromatic amines is 1. The topological polar surface area (TPSA) is 112 Å². The number of ether oxygens (including phenoxy) is 1. The number of H-pyrrole nitrogens is 1. The molecule has 0 aliphatic heterocycles. The molecule has 10 heteroatoms. The number of aromatic nitrogens is 3. The van der Waals surface area contributed by atoms with Gasteiger partial charge in [0, 0.05) is 6.07 Å². The third-order valence-electron chi connectivity index (χ3n) is 4.39. The molecule has 2 aromatic heterocycles. The van der Waals surface area contributed by atoms with E-state index in [1.807, 2.05) is 0 Å². The van der Waals surface area contributed by atoms with E-state index in [-0.39, 0.29) is 0 Å². The summed E-state index contributed by atoms with van der Waals surface area (Å²) < 4.78 is 5.20. The first-order valence-electron chi connectivity index (χ1n) is 8.74. The van der Waals surface area contributed by atoms with Crippen LogP contribution in [-0.2, 0) is 0 Å². The molecule has 1 atom stereocenters. The number of hydrogen-bond acceptors (Lipinski definition) is 5. The number of amides is 2. The molecule has 1 aromatic carbocycles. The maximum absolute atomic E-state index is 12.6. The Morgan fingerprint density at radius 2 is 2.00 bits per heavy atom. The Balaban J connectivity index is 1.83. The standard InChI is InChI=1S/C19H21Cl2N5O3/c1-9-15-13(25-26-17(15)29-4)8-14(22-9)23-18(27)24-16(19(2,3)28)10-5-6-11(20)12(21)7-10/h5-8,16,28H,1-4H3,(H,25,26)(H2,22,23,24,27). The minimum absolute atomic E-state index is 0.322. The fourth-order valence-electron chi connectivity index (χ4n) is 3.05. The molecule has 2 heterocycles. The van der Waals surface area contributed by atoms with Gasteiger partial charge in [0.25, 0.3) is 0 Å². The third kappa shape index (κ3) is 4.55. The highest BCUT2D eigenvalue weighted by Crippen LogP contribution is 2.31. The van der Waals surface area contributed by atoms with Crippen molar-refractivity contribution in [3.8, 4) is 5.88 Å². The van der Waals surface area contributed by atoms with Crippen LogP contribution in [0.25, 0.3) is 10.9 Å². The number of nitrogens with zero attached hydrogens (tertiary/aromatic N) is 2. The summed E-state index contributed by atoms with van der Waals surface area (Å²) in [6.07, 6.45) is 0. The average molecular weight is 438 g/mol. The number of rotatable bonds is 5. The molecule has 0 radical (unpaired) electrons. The largest absolute Gasteiger partial charge is 0.479 e. The third-order valence-corrected chi connectivity index (χ3v) is 5.12. The second kappa shape index (κ2) is 8.06. The van der Waals surface area contributed by atoms with Gasteiger partial charge < -0.3 is 15.2 Å². The monoisotopic (exact) mass is 437 g/mol. The van der Waals surface area contributed by atoms with Gasteiger partial charge in [0.05, 0.1) is 45.4 Å². The lowest BCUT2D eigenvalue weighted by Crippen LogP contribution is -2.44. The number of benzene rings is 1. The van der Waals surface area contributed by atoms with Crippen molar-refractivity contribution in [1.29, 1.82) is 0 Å². The van der Waals surface area contributed by atoms with Gasteiger partial charge in [0.15, 0.2) is 0 Å². The lowest BCUT2D eigenvalue weighted by Gasteiger charge is -2.30. The summed E-state index contributed by atoms with van der Waals surface area (Å²) in [5.41, 5.74) is 0.665. The fourth-order valence-corrected chi connectivity index (χ4v) is 3.36. The Bertz CT molecular complexity index is 1060. The van der Waals surface area contributed by atoms with Gasteiger partial charge in [-0.05, 0) is 38.5 Å². The van der Waals surface area contributed by atoms with Crippen molar-refractivity contribution in [2.24, 2.45) is 0 Å². The van der Waals surface area contributed by atoms with Crippen LogP contribution in [0.3, 0.4) is 0 Å². The number of methoxy groups -OCH3 is 1. The second-order valence-corrected chi connectivity index (χ2v) is 7.92. The van der Waals surface area contributed by atoms with Crippen molar-refractivity contribution in [2.75, 3.05) is 12.4 Å². The number of nitrogens with one attached hydrogen (secondary N) is 3. The van der Waals surface area contributed by atoms with Crippen molar-refractivity contribution in [1.82, 2.24) is 20.5 Å². The Morgan fingerprint density at radius 3 is 2.62 bits per heavy atom. The van der Waals surface area contributed by atoms with Crippen molar-refractivity contribution >= 4 is 46.0 Å². The molecule has 0 fully saturated rings. The van der Waals surface area contributed by atoms with E-state index in [2.05, 4.69) is 25.8 Å². The van der Waals surface area contributed by atoms with Gasteiger partial charge in [-0.2, -0.15) is 0 Å². The maximum atomic E-state index is 12.6. The van der Waals surface area contributed by atoms with Crippen LogP contribution in [0.15, 0.2) is 24.3 Å². The zero-order valence-electron chi connectivity index (χ0n) is 16.3. The van der Waals surface area contributed by atoms with Crippen molar-refractivity contribution < 1.29 is 14.6 Å². The van der Waals surface area contributed by atoms with E-state index >= 15 is 0 Å². The minimum Gasteiger partial charge on any atom is -0.479 e. The van der Waals surface area contributed by atoms with E-state index in [0.29, 0.717) is 38.5 Å². The lowest BCUT2D eigenvalue weighted by atomic mass is 9.92. The van der Waals surface area contributed by atoms with E-state index < -0.39 is 17.7 Å². The molecule has 0 aliphatic carbocycles. The molecular weight excluding hydrogens is 417 g/mol. The van der Waals surface area contributed by atoms with Crippen LogP contribution in [0.5, 0.6) is 5.88 Å². The molecule has 29 heavy (non-hydrogen) atoms. The van der Waals surface area contributed by atoms with E-state index in [9.17, 15) is 9.90 Å². The Hall–Kier alpha value is -2.55. The minimum atomic E-state index is -1.27. The molecule has 2 amide bonds. The highest BCUT2D eigenvalue weighted by atomic mass is 35.5. The van der Waals surface area contributed by atoms with Crippen molar-refractivity contribution in [3.63, 3.8) is 0 Å². The maximum Gasteiger partial charge on any atom is 0.320 e. The van der Waals surface area contributed by atoms with E-state index in [1.54, 1.807) is 45.0 Å². The number of urea groups is 1. The molecule has 3 rings (SSSR count). The summed E-state index contributed by atoms with van der Waals surface area (Å²) in [7, 11) is 1.52. The van der Waals surface area contributed by atoms with Crippen molar-refractivity contribution in [2.45, 2.75) is 32.4 Å². The summed E-state index contributed by atoms with van der Waals surface area (Å²) >= 11 is 12.1. The van der Waals surface area contributed by atoms with E-state index in [0.717, 1.165) is 5.39 Å². The van der Waals surface area contributed by atoms with Crippen LogP contribution in [0.1, 0.15) is 31.1 Å². The van der Waals surface area contributed by atoms with Gasteiger partial charge in [0.1, 0.15) is 5.82 Å². The smallest absolute Gasteiger partial charge is 0.320 e. The average Bonchev–Trinajstić information content (AvgIpc) is 3.05. The van der Waals surface area contributed by atoms with Gasteiger partial charge in [-0.15, -0.1) is 5.10 Å². The van der Waals surface area contributed by atoms with Gasteiger partial charge >= 0.3 is 6.03 Å². The van der Waals surface area contributed by atoms with Gasteiger partial charge in [0.2, 0.25) is 5.88 Å². The van der Waals surface area contributed by atoms with Gasteiger partial charge in [-0.3, -0.25) is 10.4 Å². The highest BCUT2D eigenvalue weighted by Gasteiger charge is 2.30. The highest BCUT2D eigenvalue weighted by molar-refractivity contribution is 6.42. The first-order chi connectivity index (χ1) is 13.6. The first kappa shape index (κ1) is 21.2. The molecule has 0 bridgehead atoms. The number of pyridine rings is 1. The number of aryl methyl sites for hydroxylation is 1. The van der Waals surface area contributed by atoms with Crippen LogP contribution < -0.4 is 15.4 Å². The predicted molar refractivity (Wildman–Crippen MR) is 113 cm³/mol. The number of aliphatic hydroxyl groups is 1. The number of hydrogen-bond donors (Lipinski definition) is 4. The van der Waals surface area contributed by atoms with Gasteiger partial charge in [-0.1, -0.05) is 29.3 Å². The number of fused-ring (bicyclic) bond motifs is 1. The van der Waals surface area contributed by atoms with E-state index in [1.165, 1.54) is 7.11 Å². The normalized spacial score (nSPS) is 12.7. The zero-order valence-corrected chi connectivity index (χ0v) is 17.8. The molecule has 4 N–H and O–H groups in total. The van der Waals surface area contributed by atoms with Crippen LogP contribution in [-0.4, -0.2) is 39.0 Å². The fraction of sp³-hybridized carbons (Fsp3) is 0.316. The number of carbonyl (C=O) groups is 1. The predicted octanol–water partition coefficient (Wildman–Crippen LogP) is 4.22. The Morgan fingerprint density at radius 1 is 1.28 bits per heavy atom. The lowest BCUT2D eigenvalue weighted by molar-refractivity contribution is 0.0415. The quantitative estimate of drug-likeness (QED) is 0.477. The molecule has 0 saturated heterocycles. The van der Waals surface area contributed by atoms with Crippen molar-refractivity contribution in [3.05, 3.63) is 45.6 Å². The molecule has 154 valence electrons. The van der Waals surface area contributed by atoms with Crippen LogP contribution in [0.4, 0.5) is 10.6 Å². The zero-order chi connectivity index (χ0) is 21.3. The summed E-state index contributed by atoms with van der Waals surface area (Å²) in [6.45, 7) is 4.97. The second-order valence-electron chi connectivity index (χ2n) is 7.11. The molecule has 3 aromatic rings. The number of anilines is 1. The molecule has 8 nitrogen and oxygen atoms in total. The van der Waals surface area contributed by atoms with Crippen LogP contribution in [0, 0.1) is 6.92 Å². The first-order valence-corrected chi connectivity index (χ1v) is 9.50. The SMILES string of the molecule is COc1n[nH]c2cc(NC(=O)NC(c3ccc(Cl)c(Cl)c3)C(C)(C)O)nc(C)c12. The summed E-state index contributed by atoms with van der Waals surface area (Å²) in [5.74, 6) is 0.755. The van der Waals surface area contributed by atoms with E-state index in [4.69, 9.17) is 27.9 Å². The molecule has 1 unspecified atom stereocenters. The summed E-state index contributed by atoms with van der Waals surface area (Å²) in [5, 5.41) is 24.4. The number of carbonyl (C=O) groups excluding carboxylic acids is 1. The molecule has 0 saturated carbocycles. The Kier molecular flexibility index (Phi) is 5.88. The van der Waals surface area contributed by atoms with Gasteiger partial charge in [-0.25, -0.2) is 9.78 Å². The summed E-state index contributed by atoms with van der Waals surface area (Å²) in [6, 6.07) is 5.29. The molecule has 0 aliphatic rings. The number of halogens is 2. The molecule has 0 spiro atoms. The summed E-state index contributed by atoms with van der Waals surface area (Å²) in [4.78, 5) is 17.0. The van der Waals surface area contributed by atoms with Crippen LogP contribution >= 0.6 is 23.2 Å².